The van der Waals surface area contributed by atoms with E-state index in [9.17, 15) is 5.11 Å². The summed E-state index contributed by atoms with van der Waals surface area (Å²) < 4.78 is 0. The van der Waals surface area contributed by atoms with E-state index >= 15 is 0 Å². The van der Waals surface area contributed by atoms with Crippen LogP contribution in [0.5, 0.6) is 0 Å². The number of nitrogens with one attached hydrogen (secondary N) is 1. The number of nitrogens with zero attached hydrogens (tertiary/aromatic N) is 1. The monoisotopic (exact) mass is 257 g/mol. The molecule has 0 aliphatic heterocycles. The second-order valence-corrected chi connectivity index (χ2v) is 6.44. The second kappa shape index (κ2) is 7.10. The second-order valence-electron chi connectivity index (χ2n) is 6.44. The van der Waals surface area contributed by atoms with E-state index in [0.717, 1.165) is 32.4 Å². The van der Waals surface area contributed by atoms with Gasteiger partial charge in [-0.3, -0.25) is 5.41 Å². The summed E-state index contributed by atoms with van der Waals surface area (Å²) in [6.07, 6.45) is 3.10. The lowest BCUT2D eigenvalue weighted by molar-refractivity contribution is 0.0372. The molecule has 0 aromatic heterocycles. The van der Waals surface area contributed by atoms with Gasteiger partial charge >= 0.3 is 0 Å². The Labute approximate surface area is 112 Å². The highest BCUT2D eigenvalue weighted by Gasteiger charge is 2.21. The molecule has 0 spiro atoms. The number of unbranched alkanes of at least 4 members (excludes halogenated alkanes) is 1. The number of hydrogen-bond donors (Lipinski definition) is 3. The average Bonchev–Trinajstić information content (AvgIpc) is 2.20. The van der Waals surface area contributed by atoms with Crippen molar-refractivity contribution in [3.63, 3.8) is 0 Å². The summed E-state index contributed by atoms with van der Waals surface area (Å²) in [7, 11) is 0. The van der Waals surface area contributed by atoms with Crippen molar-refractivity contribution in [2.24, 2.45) is 11.1 Å². The summed E-state index contributed by atoms with van der Waals surface area (Å²) in [4.78, 5) is 2.26. The van der Waals surface area contributed by atoms with Crippen LogP contribution < -0.4 is 5.73 Å². The summed E-state index contributed by atoms with van der Waals surface area (Å²) in [5.74, 6) is 0.270. The van der Waals surface area contributed by atoms with E-state index in [2.05, 4.69) is 11.8 Å². The van der Waals surface area contributed by atoms with Gasteiger partial charge in [-0.05, 0) is 39.8 Å². The number of nitrogens with two attached hydrogens (primary N) is 1. The maximum atomic E-state index is 9.79. The Balaban J connectivity index is 3.92. The van der Waals surface area contributed by atoms with Crippen LogP contribution in [0.3, 0.4) is 0 Å². The van der Waals surface area contributed by atoms with E-state index in [1.54, 1.807) is 0 Å². The first-order valence-electron chi connectivity index (χ1n) is 6.88. The first-order chi connectivity index (χ1) is 8.08. The van der Waals surface area contributed by atoms with E-state index in [1.807, 2.05) is 27.7 Å². The van der Waals surface area contributed by atoms with Crippen LogP contribution in [0.2, 0.25) is 0 Å². The molecule has 0 amide bonds. The Kier molecular flexibility index (Phi) is 6.86. The number of hydrogen-bond acceptors (Lipinski definition) is 3. The van der Waals surface area contributed by atoms with Gasteiger partial charge in [0.2, 0.25) is 0 Å². The number of rotatable bonds is 9. The van der Waals surface area contributed by atoms with Crippen LogP contribution in [0.25, 0.3) is 0 Å². The van der Waals surface area contributed by atoms with E-state index in [-0.39, 0.29) is 11.3 Å². The summed E-state index contributed by atoms with van der Waals surface area (Å²) in [5.41, 5.74) is 4.74. The van der Waals surface area contributed by atoms with Gasteiger partial charge in [0.15, 0.2) is 0 Å². The molecule has 0 heterocycles. The molecule has 0 bridgehead atoms. The quantitative estimate of drug-likeness (QED) is 0.337. The van der Waals surface area contributed by atoms with Crippen molar-refractivity contribution < 1.29 is 5.11 Å². The minimum Gasteiger partial charge on any atom is -0.389 e. The van der Waals surface area contributed by atoms with Crippen LogP contribution in [-0.4, -0.2) is 41.1 Å². The minimum atomic E-state index is -0.630. The van der Waals surface area contributed by atoms with Gasteiger partial charge in [0.1, 0.15) is 0 Å². The molecule has 0 atom stereocenters. The van der Waals surface area contributed by atoms with E-state index in [0.29, 0.717) is 6.54 Å². The van der Waals surface area contributed by atoms with Gasteiger partial charge in [0.25, 0.3) is 0 Å². The third-order valence-corrected chi connectivity index (χ3v) is 3.31. The Morgan fingerprint density at radius 1 is 1.22 bits per heavy atom. The number of amidine groups is 1. The smallest absolute Gasteiger partial charge is 0.0963 e. The lowest BCUT2D eigenvalue weighted by Crippen LogP contribution is -2.39. The van der Waals surface area contributed by atoms with Crippen molar-refractivity contribution in [3.05, 3.63) is 0 Å². The molecule has 0 aliphatic carbocycles. The van der Waals surface area contributed by atoms with E-state index in [1.165, 1.54) is 0 Å². The third-order valence-electron chi connectivity index (χ3n) is 3.31. The van der Waals surface area contributed by atoms with Gasteiger partial charge in [-0.2, -0.15) is 0 Å². The molecule has 0 aliphatic rings. The normalized spacial score (nSPS) is 13.1. The first kappa shape index (κ1) is 17.4. The van der Waals surface area contributed by atoms with Crippen molar-refractivity contribution >= 4 is 5.84 Å². The molecule has 0 aromatic carbocycles. The Bertz CT molecular complexity index is 256. The molecule has 4 nitrogen and oxygen atoms in total. The molecule has 0 aromatic rings. The van der Waals surface area contributed by atoms with E-state index < -0.39 is 5.60 Å². The van der Waals surface area contributed by atoms with E-state index in [4.69, 9.17) is 11.1 Å². The highest BCUT2D eigenvalue weighted by atomic mass is 16.3. The summed E-state index contributed by atoms with van der Waals surface area (Å²) in [5, 5.41) is 17.3. The fourth-order valence-electron chi connectivity index (χ4n) is 1.93. The lowest BCUT2D eigenvalue weighted by Gasteiger charge is -2.28. The minimum absolute atomic E-state index is 0.187. The van der Waals surface area contributed by atoms with Gasteiger partial charge in [-0.25, -0.2) is 0 Å². The lowest BCUT2D eigenvalue weighted by atomic mass is 9.86. The van der Waals surface area contributed by atoms with Crippen molar-refractivity contribution in [1.29, 1.82) is 5.41 Å². The SMILES string of the molecule is CCN(CCCCC(C)(C)C(=N)N)CC(C)(C)O. The number of aliphatic hydroxyl groups is 1. The Morgan fingerprint density at radius 3 is 2.17 bits per heavy atom. The zero-order valence-electron chi connectivity index (χ0n) is 12.7. The summed E-state index contributed by atoms with van der Waals surface area (Å²) in [6.45, 7) is 12.5. The molecule has 4 heteroatoms. The zero-order chi connectivity index (χ0) is 14.4. The Morgan fingerprint density at radius 2 is 1.78 bits per heavy atom. The van der Waals surface area contributed by atoms with Gasteiger partial charge in [-0.1, -0.05) is 27.2 Å². The first-order valence-corrected chi connectivity index (χ1v) is 6.88. The number of likely N-dealkylation sites (N-methyl/N-ethyl adjacent to an activating group) is 1. The molecule has 0 rings (SSSR count). The van der Waals surface area contributed by atoms with Crippen molar-refractivity contribution in [1.82, 2.24) is 4.90 Å². The highest BCUT2D eigenvalue weighted by molar-refractivity contribution is 5.82. The fourth-order valence-corrected chi connectivity index (χ4v) is 1.93. The molecule has 4 N–H and O–H groups in total. The van der Waals surface area contributed by atoms with Crippen molar-refractivity contribution in [3.8, 4) is 0 Å². The largest absolute Gasteiger partial charge is 0.389 e. The summed E-state index contributed by atoms with van der Waals surface area (Å²) in [6, 6.07) is 0. The van der Waals surface area contributed by atoms with Crippen LogP contribution in [0.1, 0.15) is 53.9 Å². The molecule has 0 unspecified atom stereocenters. The van der Waals surface area contributed by atoms with Crippen molar-refractivity contribution in [2.45, 2.75) is 59.5 Å². The maximum absolute atomic E-state index is 9.79. The average molecular weight is 257 g/mol. The molecule has 0 saturated carbocycles. The molecule has 0 fully saturated rings. The molecule has 0 radical (unpaired) electrons. The maximum Gasteiger partial charge on any atom is 0.0963 e. The predicted molar refractivity (Wildman–Crippen MR) is 78.0 cm³/mol. The van der Waals surface area contributed by atoms with Gasteiger partial charge in [0, 0.05) is 12.0 Å². The summed E-state index contributed by atoms with van der Waals surface area (Å²) >= 11 is 0. The van der Waals surface area contributed by atoms with Gasteiger partial charge in [0.05, 0.1) is 11.4 Å². The molecule has 18 heavy (non-hydrogen) atoms. The molecule has 108 valence electrons. The van der Waals surface area contributed by atoms with Crippen LogP contribution in [0, 0.1) is 10.8 Å². The van der Waals surface area contributed by atoms with Crippen LogP contribution >= 0.6 is 0 Å². The van der Waals surface area contributed by atoms with Crippen LogP contribution in [-0.2, 0) is 0 Å². The Hall–Kier alpha value is -0.610. The molecular formula is C14H31N3O. The van der Waals surface area contributed by atoms with Gasteiger partial charge < -0.3 is 15.7 Å². The highest BCUT2D eigenvalue weighted by Crippen LogP contribution is 2.22. The van der Waals surface area contributed by atoms with Gasteiger partial charge in [-0.15, -0.1) is 0 Å². The van der Waals surface area contributed by atoms with Crippen LogP contribution in [0.15, 0.2) is 0 Å². The molecular weight excluding hydrogens is 226 g/mol. The predicted octanol–water partition coefficient (Wildman–Crippen LogP) is 2.21. The fraction of sp³-hybridized carbons (Fsp3) is 0.929. The molecule has 0 saturated heterocycles. The topological polar surface area (TPSA) is 73.3 Å². The third kappa shape index (κ3) is 7.67. The zero-order valence-corrected chi connectivity index (χ0v) is 12.7. The van der Waals surface area contributed by atoms with Crippen molar-refractivity contribution in [2.75, 3.05) is 19.6 Å². The standard InChI is InChI=1S/C14H31N3O/c1-6-17(11-14(4,5)18)10-8-7-9-13(2,3)12(15)16/h18H,6-11H2,1-5H3,(H3,15,16). The van der Waals surface area contributed by atoms with Crippen LogP contribution in [0.4, 0.5) is 0 Å².